The number of halogens is 2. The first-order valence-electron chi connectivity index (χ1n) is 8.68. The lowest BCUT2D eigenvalue weighted by molar-refractivity contribution is -0.384. The fourth-order valence-electron chi connectivity index (χ4n) is 2.69. The second-order valence-electron chi connectivity index (χ2n) is 6.36. The maximum absolute atomic E-state index is 12.8. The number of amides is 2. The van der Waals surface area contributed by atoms with E-state index < -0.39 is 16.7 Å². The monoisotopic (exact) mass is 443 g/mol. The molecule has 0 heterocycles. The summed E-state index contributed by atoms with van der Waals surface area (Å²) in [7, 11) is 0. The number of benzene rings is 3. The van der Waals surface area contributed by atoms with E-state index >= 15 is 0 Å². The van der Waals surface area contributed by atoms with Gasteiger partial charge in [-0.2, -0.15) is 0 Å². The molecule has 0 bridgehead atoms. The zero-order valence-electron chi connectivity index (χ0n) is 15.6. The van der Waals surface area contributed by atoms with Crippen LogP contribution in [-0.2, 0) is 0 Å². The number of nitrogens with one attached hydrogen (secondary N) is 2. The number of aryl methyl sites for hydroxylation is 1. The molecule has 0 saturated carbocycles. The van der Waals surface area contributed by atoms with Crippen LogP contribution in [0, 0.1) is 17.0 Å². The van der Waals surface area contributed by atoms with Crippen LogP contribution in [0.2, 0.25) is 10.0 Å². The van der Waals surface area contributed by atoms with Crippen molar-refractivity contribution >= 4 is 52.1 Å². The van der Waals surface area contributed by atoms with Crippen LogP contribution >= 0.6 is 23.2 Å². The molecular formula is C21H15Cl2N3O4. The lowest BCUT2D eigenvalue weighted by Gasteiger charge is -2.13. The predicted molar refractivity (Wildman–Crippen MR) is 117 cm³/mol. The number of nitro groups is 1. The van der Waals surface area contributed by atoms with Gasteiger partial charge in [-0.15, -0.1) is 0 Å². The van der Waals surface area contributed by atoms with E-state index in [0.717, 1.165) is 11.6 Å². The van der Waals surface area contributed by atoms with Crippen molar-refractivity contribution in [2.45, 2.75) is 6.92 Å². The molecule has 0 saturated heterocycles. The minimum atomic E-state index is -0.608. The van der Waals surface area contributed by atoms with Crippen molar-refractivity contribution in [3.05, 3.63) is 97.5 Å². The number of nitro benzene ring substituents is 1. The summed E-state index contributed by atoms with van der Waals surface area (Å²) in [4.78, 5) is 35.6. The molecule has 2 amide bonds. The average molecular weight is 444 g/mol. The smallest absolute Gasteiger partial charge is 0.270 e. The summed E-state index contributed by atoms with van der Waals surface area (Å²) >= 11 is 12.2. The predicted octanol–water partition coefficient (Wildman–Crippen LogP) is 5.71. The summed E-state index contributed by atoms with van der Waals surface area (Å²) in [5, 5.41) is 16.5. The van der Waals surface area contributed by atoms with E-state index in [1.807, 2.05) is 13.0 Å². The highest BCUT2D eigenvalue weighted by atomic mass is 35.5. The van der Waals surface area contributed by atoms with Crippen LogP contribution in [0.15, 0.2) is 60.7 Å². The molecule has 3 rings (SSSR count). The van der Waals surface area contributed by atoms with Gasteiger partial charge in [-0.3, -0.25) is 19.7 Å². The van der Waals surface area contributed by atoms with Crippen LogP contribution in [0.5, 0.6) is 0 Å². The van der Waals surface area contributed by atoms with E-state index in [1.54, 1.807) is 36.4 Å². The van der Waals surface area contributed by atoms with Crippen molar-refractivity contribution in [2.24, 2.45) is 0 Å². The number of carbonyl (C=O) groups excluding carboxylic acids is 2. The average Bonchev–Trinajstić information content (AvgIpc) is 2.70. The van der Waals surface area contributed by atoms with Gasteiger partial charge in [-0.25, -0.2) is 0 Å². The Balaban J connectivity index is 1.84. The Hall–Kier alpha value is -3.42. The Morgan fingerprint density at radius 3 is 2.17 bits per heavy atom. The van der Waals surface area contributed by atoms with Gasteiger partial charge in [0.05, 0.1) is 37.5 Å². The number of carbonyl (C=O) groups is 2. The lowest BCUT2D eigenvalue weighted by atomic mass is 10.1. The summed E-state index contributed by atoms with van der Waals surface area (Å²) in [6.07, 6.45) is 0. The lowest BCUT2D eigenvalue weighted by Crippen LogP contribution is -2.18. The van der Waals surface area contributed by atoms with Crippen LogP contribution in [0.25, 0.3) is 0 Å². The third-order valence-electron chi connectivity index (χ3n) is 4.20. The Bertz CT molecular complexity index is 1160. The van der Waals surface area contributed by atoms with Crippen LogP contribution in [0.3, 0.4) is 0 Å². The first-order chi connectivity index (χ1) is 14.3. The molecule has 3 aromatic rings. The number of hydrogen-bond donors (Lipinski definition) is 2. The van der Waals surface area contributed by atoms with E-state index in [9.17, 15) is 19.7 Å². The summed E-state index contributed by atoms with van der Waals surface area (Å²) in [5.41, 5.74) is 1.65. The van der Waals surface area contributed by atoms with E-state index in [2.05, 4.69) is 10.6 Å². The minimum Gasteiger partial charge on any atom is -0.321 e. The fraction of sp³-hybridized carbons (Fsp3) is 0.0476. The van der Waals surface area contributed by atoms with E-state index in [1.165, 1.54) is 12.1 Å². The molecular weight excluding hydrogens is 429 g/mol. The second-order valence-corrected chi connectivity index (χ2v) is 7.17. The first-order valence-corrected chi connectivity index (χ1v) is 9.43. The van der Waals surface area contributed by atoms with Gasteiger partial charge in [0, 0.05) is 12.1 Å². The van der Waals surface area contributed by atoms with E-state index in [4.69, 9.17) is 23.2 Å². The third kappa shape index (κ3) is 4.76. The number of rotatable bonds is 5. The van der Waals surface area contributed by atoms with Crippen LogP contribution in [-0.4, -0.2) is 16.7 Å². The van der Waals surface area contributed by atoms with Gasteiger partial charge in [0.2, 0.25) is 0 Å². The van der Waals surface area contributed by atoms with Gasteiger partial charge in [0.15, 0.2) is 0 Å². The maximum Gasteiger partial charge on any atom is 0.270 e. The normalized spacial score (nSPS) is 10.4. The topological polar surface area (TPSA) is 101 Å². The molecule has 0 aliphatic rings. The number of non-ortho nitro benzene ring substituents is 1. The molecule has 3 aromatic carbocycles. The highest BCUT2D eigenvalue weighted by molar-refractivity contribution is 6.35. The largest absolute Gasteiger partial charge is 0.321 e. The quantitative estimate of drug-likeness (QED) is 0.389. The summed E-state index contributed by atoms with van der Waals surface area (Å²) in [5.74, 6) is -1.07. The first kappa shape index (κ1) is 21.3. The third-order valence-corrected chi connectivity index (χ3v) is 4.83. The molecule has 0 aliphatic heterocycles. The second kappa shape index (κ2) is 8.94. The number of anilines is 2. The number of para-hydroxylation sites is 1. The molecule has 152 valence electrons. The van der Waals surface area contributed by atoms with Crippen molar-refractivity contribution < 1.29 is 14.5 Å². The summed E-state index contributed by atoms with van der Waals surface area (Å²) in [6, 6.07) is 15.2. The Morgan fingerprint density at radius 2 is 1.50 bits per heavy atom. The fourth-order valence-corrected chi connectivity index (χ4v) is 3.24. The molecule has 0 atom stereocenters. The van der Waals surface area contributed by atoms with Gasteiger partial charge in [0.1, 0.15) is 0 Å². The number of nitrogens with zero attached hydrogens (tertiary/aromatic N) is 1. The Morgan fingerprint density at radius 1 is 0.833 bits per heavy atom. The highest BCUT2D eigenvalue weighted by Gasteiger charge is 2.18. The molecule has 0 unspecified atom stereocenters. The van der Waals surface area contributed by atoms with Gasteiger partial charge in [0.25, 0.3) is 17.5 Å². The van der Waals surface area contributed by atoms with Gasteiger partial charge in [-0.1, -0.05) is 41.4 Å². The van der Waals surface area contributed by atoms with Gasteiger partial charge >= 0.3 is 0 Å². The SMILES string of the molecule is Cc1ccc(NC(=O)c2ccccc2NC(=O)c2ccc([N+](=O)[O-])cc2Cl)c(Cl)c1. The molecule has 0 aromatic heterocycles. The van der Waals surface area contributed by atoms with Crippen LogP contribution in [0.4, 0.5) is 17.1 Å². The zero-order valence-corrected chi connectivity index (χ0v) is 17.1. The van der Waals surface area contributed by atoms with Crippen molar-refractivity contribution in [1.29, 1.82) is 0 Å². The van der Waals surface area contributed by atoms with Crippen molar-refractivity contribution in [3.63, 3.8) is 0 Å². The zero-order chi connectivity index (χ0) is 21.8. The Labute approximate surface area is 181 Å². The van der Waals surface area contributed by atoms with E-state index in [0.29, 0.717) is 10.7 Å². The van der Waals surface area contributed by atoms with Crippen LogP contribution in [0.1, 0.15) is 26.3 Å². The molecule has 30 heavy (non-hydrogen) atoms. The van der Waals surface area contributed by atoms with Crippen molar-refractivity contribution in [1.82, 2.24) is 0 Å². The molecule has 0 radical (unpaired) electrons. The molecule has 9 heteroatoms. The van der Waals surface area contributed by atoms with Crippen LogP contribution < -0.4 is 10.6 Å². The van der Waals surface area contributed by atoms with Crippen molar-refractivity contribution in [2.75, 3.05) is 10.6 Å². The highest BCUT2D eigenvalue weighted by Crippen LogP contribution is 2.26. The standard InChI is InChI=1S/C21H15Cl2N3O4/c1-12-6-9-19(17(23)10-12)25-21(28)15-4-2-3-5-18(15)24-20(27)14-8-7-13(26(29)30)11-16(14)22/h2-11H,1H3,(H,24,27)(H,25,28). The van der Waals surface area contributed by atoms with Gasteiger partial charge in [-0.05, 0) is 42.8 Å². The Kier molecular flexibility index (Phi) is 6.34. The summed E-state index contributed by atoms with van der Waals surface area (Å²) < 4.78 is 0. The molecule has 0 aliphatic carbocycles. The molecule has 7 nitrogen and oxygen atoms in total. The maximum atomic E-state index is 12.8. The molecule has 0 spiro atoms. The molecule has 0 fully saturated rings. The minimum absolute atomic E-state index is 0.0408. The van der Waals surface area contributed by atoms with Gasteiger partial charge < -0.3 is 10.6 Å². The number of hydrogen-bond acceptors (Lipinski definition) is 4. The van der Waals surface area contributed by atoms with E-state index in [-0.39, 0.29) is 27.5 Å². The molecule has 2 N–H and O–H groups in total. The van der Waals surface area contributed by atoms with Crippen molar-refractivity contribution in [3.8, 4) is 0 Å². The summed E-state index contributed by atoms with van der Waals surface area (Å²) in [6.45, 7) is 1.88.